The largest absolute Gasteiger partial charge is 0.479 e. The number of carboxylic acids is 1. The van der Waals surface area contributed by atoms with Crippen LogP contribution in [0.3, 0.4) is 0 Å². The van der Waals surface area contributed by atoms with Crippen LogP contribution in [0.4, 0.5) is 4.39 Å². The molecule has 0 amide bonds. The lowest BCUT2D eigenvalue weighted by molar-refractivity contribution is -0.142. The first-order chi connectivity index (χ1) is 10.1. The van der Waals surface area contributed by atoms with E-state index in [2.05, 4.69) is 17.6 Å². The van der Waals surface area contributed by atoms with Gasteiger partial charge in [0.1, 0.15) is 0 Å². The Labute approximate surface area is 121 Å². The van der Waals surface area contributed by atoms with Crippen molar-refractivity contribution in [1.29, 1.82) is 0 Å². The van der Waals surface area contributed by atoms with E-state index in [1.807, 2.05) is 36.4 Å². The van der Waals surface area contributed by atoms with Gasteiger partial charge in [0.2, 0.25) is 6.17 Å². The number of fused-ring (bicyclic) bond motifs is 3. The molecule has 0 aliphatic heterocycles. The zero-order valence-corrected chi connectivity index (χ0v) is 11.7. The normalized spacial score (nSPS) is 12.9. The second kappa shape index (κ2) is 5.20. The number of para-hydroxylation sites is 1. The Morgan fingerprint density at radius 2 is 1.90 bits per heavy atom. The maximum Gasteiger partial charge on any atom is 0.338 e. The number of aryl methyl sites for hydroxylation is 1. The van der Waals surface area contributed by atoms with Gasteiger partial charge in [-0.15, -0.1) is 0 Å². The van der Waals surface area contributed by atoms with E-state index in [0.717, 1.165) is 28.4 Å². The van der Waals surface area contributed by atoms with Gasteiger partial charge in [0.05, 0.1) is 0 Å². The maximum atomic E-state index is 13.4. The third-order valence-electron chi connectivity index (χ3n) is 3.84. The van der Waals surface area contributed by atoms with Crippen LogP contribution < -0.4 is 0 Å². The number of hydrogen-bond donors (Lipinski definition) is 1. The first kappa shape index (κ1) is 13.6. The molecule has 0 saturated carbocycles. The van der Waals surface area contributed by atoms with Gasteiger partial charge in [-0.05, 0) is 30.7 Å². The van der Waals surface area contributed by atoms with Gasteiger partial charge in [0.25, 0.3) is 0 Å². The van der Waals surface area contributed by atoms with Gasteiger partial charge in [-0.2, -0.15) is 0 Å². The summed E-state index contributed by atoms with van der Waals surface area (Å²) in [4.78, 5) is 10.7. The first-order valence-electron chi connectivity index (χ1n) is 6.98. The summed E-state index contributed by atoms with van der Waals surface area (Å²) in [6, 6.07) is 13.7. The van der Waals surface area contributed by atoms with Crippen molar-refractivity contribution in [3.05, 3.63) is 48.0 Å². The molecule has 0 saturated heterocycles. The first-order valence-corrected chi connectivity index (χ1v) is 6.98. The van der Waals surface area contributed by atoms with Crippen LogP contribution in [0.25, 0.3) is 21.8 Å². The Morgan fingerprint density at radius 1 is 1.19 bits per heavy atom. The minimum Gasteiger partial charge on any atom is -0.479 e. The van der Waals surface area contributed by atoms with Crippen molar-refractivity contribution < 1.29 is 14.3 Å². The molecule has 0 aliphatic carbocycles. The molecule has 1 aromatic heterocycles. The second-order valence-corrected chi connectivity index (χ2v) is 5.12. The Kier molecular flexibility index (Phi) is 3.37. The van der Waals surface area contributed by atoms with Crippen LogP contribution in [0, 0.1) is 0 Å². The molecule has 0 bridgehead atoms. The molecule has 21 heavy (non-hydrogen) atoms. The molecule has 1 N–H and O–H groups in total. The number of hydrogen-bond acceptors (Lipinski definition) is 1. The van der Waals surface area contributed by atoms with Crippen molar-refractivity contribution in [3.63, 3.8) is 0 Å². The number of nitrogens with zero attached hydrogens (tertiary/aromatic N) is 1. The molecule has 0 fully saturated rings. The fourth-order valence-electron chi connectivity index (χ4n) is 2.86. The summed E-state index contributed by atoms with van der Waals surface area (Å²) in [6.07, 6.45) is -1.96. The number of rotatable bonds is 4. The van der Waals surface area contributed by atoms with Crippen molar-refractivity contribution in [3.8, 4) is 0 Å². The average Bonchev–Trinajstić information content (AvgIpc) is 2.80. The number of carbonyl (C=O) groups is 1. The van der Waals surface area contributed by atoms with Crippen molar-refractivity contribution in [2.24, 2.45) is 0 Å². The van der Waals surface area contributed by atoms with Crippen molar-refractivity contribution in [2.45, 2.75) is 26.1 Å². The minimum atomic E-state index is -1.86. The Morgan fingerprint density at radius 3 is 2.62 bits per heavy atom. The van der Waals surface area contributed by atoms with Crippen LogP contribution in [0.15, 0.2) is 42.5 Å². The van der Waals surface area contributed by atoms with Gasteiger partial charge in [0, 0.05) is 34.8 Å². The summed E-state index contributed by atoms with van der Waals surface area (Å²) in [5.74, 6) is -1.41. The predicted octanol–water partition coefficient (Wildman–Crippen LogP) is 3.78. The van der Waals surface area contributed by atoms with Gasteiger partial charge in [0.15, 0.2) is 0 Å². The van der Waals surface area contributed by atoms with E-state index in [0.29, 0.717) is 5.56 Å². The van der Waals surface area contributed by atoms with Crippen LogP contribution in [0.5, 0.6) is 0 Å². The van der Waals surface area contributed by atoms with E-state index in [-0.39, 0.29) is 6.42 Å². The zero-order valence-electron chi connectivity index (χ0n) is 11.7. The standard InChI is InChI=1S/C17H16FNO2/c1-2-19-15-6-4-3-5-12(15)13-9-11(7-8-16(13)19)10-14(18)17(20)21/h3-9,14H,2,10H2,1H3,(H,20,21). The summed E-state index contributed by atoms with van der Waals surface area (Å²) < 4.78 is 15.6. The molecule has 0 spiro atoms. The lowest BCUT2D eigenvalue weighted by Crippen LogP contribution is -2.17. The zero-order chi connectivity index (χ0) is 15.0. The Balaban J connectivity index is 2.17. The van der Waals surface area contributed by atoms with Gasteiger partial charge >= 0.3 is 5.97 Å². The highest BCUT2D eigenvalue weighted by Gasteiger charge is 2.17. The summed E-state index contributed by atoms with van der Waals surface area (Å²) in [6.45, 7) is 2.94. The van der Waals surface area contributed by atoms with E-state index in [1.165, 1.54) is 0 Å². The second-order valence-electron chi connectivity index (χ2n) is 5.12. The molecular formula is C17H16FNO2. The number of carboxylic acid groups (broad SMARTS) is 1. The predicted molar refractivity (Wildman–Crippen MR) is 81.4 cm³/mol. The maximum absolute atomic E-state index is 13.4. The fraction of sp³-hybridized carbons (Fsp3) is 0.235. The molecule has 0 aliphatic rings. The topological polar surface area (TPSA) is 42.2 Å². The molecule has 2 aromatic carbocycles. The summed E-state index contributed by atoms with van der Waals surface area (Å²) in [7, 11) is 0. The Bertz CT molecular complexity index is 822. The smallest absolute Gasteiger partial charge is 0.338 e. The number of halogens is 1. The molecule has 3 rings (SSSR count). The number of aromatic nitrogens is 1. The van der Waals surface area contributed by atoms with Gasteiger partial charge in [-0.25, -0.2) is 9.18 Å². The highest BCUT2D eigenvalue weighted by atomic mass is 19.1. The lowest BCUT2D eigenvalue weighted by Gasteiger charge is -2.05. The monoisotopic (exact) mass is 285 g/mol. The molecule has 108 valence electrons. The highest BCUT2D eigenvalue weighted by Crippen LogP contribution is 2.30. The fourth-order valence-corrected chi connectivity index (χ4v) is 2.86. The third-order valence-corrected chi connectivity index (χ3v) is 3.84. The van der Waals surface area contributed by atoms with Crippen LogP contribution in [-0.2, 0) is 17.8 Å². The molecule has 3 aromatic rings. The highest BCUT2D eigenvalue weighted by molar-refractivity contribution is 6.08. The SMILES string of the molecule is CCn1c2ccccc2c2cc(CC(F)C(=O)O)ccc21. The quantitative estimate of drug-likeness (QED) is 0.792. The van der Waals surface area contributed by atoms with Crippen molar-refractivity contribution >= 4 is 27.8 Å². The molecule has 1 unspecified atom stereocenters. The number of aliphatic carboxylic acids is 1. The molecule has 4 heteroatoms. The summed E-state index contributed by atoms with van der Waals surface area (Å²) >= 11 is 0. The van der Waals surface area contributed by atoms with Crippen molar-refractivity contribution in [2.75, 3.05) is 0 Å². The van der Waals surface area contributed by atoms with Crippen LogP contribution in [0.2, 0.25) is 0 Å². The third kappa shape index (κ3) is 2.27. The van der Waals surface area contributed by atoms with Crippen LogP contribution >= 0.6 is 0 Å². The average molecular weight is 285 g/mol. The number of benzene rings is 2. The van der Waals surface area contributed by atoms with Gasteiger partial charge in [-0.3, -0.25) is 0 Å². The van der Waals surface area contributed by atoms with E-state index >= 15 is 0 Å². The van der Waals surface area contributed by atoms with Gasteiger partial charge in [-0.1, -0.05) is 24.3 Å². The minimum absolute atomic E-state index is 0.100. The van der Waals surface area contributed by atoms with E-state index < -0.39 is 12.1 Å². The molecular weight excluding hydrogens is 269 g/mol. The Hall–Kier alpha value is -2.36. The van der Waals surface area contributed by atoms with E-state index in [4.69, 9.17) is 5.11 Å². The van der Waals surface area contributed by atoms with Gasteiger partial charge < -0.3 is 9.67 Å². The van der Waals surface area contributed by atoms with E-state index in [1.54, 1.807) is 0 Å². The number of alkyl halides is 1. The van der Waals surface area contributed by atoms with E-state index in [9.17, 15) is 9.18 Å². The summed E-state index contributed by atoms with van der Waals surface area (Å²) in [5.41, 5.74) is 2.94. The molecule has 1 atom stereocenters. The van der Waals surface area contributed by atoms with Crippen LogP contribution in [-0.4, -0.2) is 21.8 Å². The molecule has 1 heterocycles. The lowest BCUT2D eigenvalue weighted by atomic mass is 10.0. The molecule has 0 radical (unpaired) electrons. The summed E-state index contributed by atoms with van der Waals surface area (Å²) in [5, 5.41) is 10.8. The van der Waals surface area contributed by atoms with Crippen LogP contribution in [0.1, 0.15) is 12.5 Å². The molecule has 3 nitrogen and oxygen atoms in total. The van der Waals surface area contributed by atoms with Crippen molar-refractivity contribution in [1.82, 2.24) is 4.57 Å².